The lowest BCUT2D eigenvalue weighted by Gasteiger charge is -2.11. The molecule has 0 unspecified atom stereocenters. The Morgan fingerprint density at radius 1 is 0.316 bits per heavy atom. The van der Waals surface area contributed by atoms with Crippen LogP contribution in [0.1, 0.15) is 0 Å². The van der Waals surface area contributed by atoms with Crippen LogP contribution in [0, 0.1) is 0 Å². The molecule has 8 aromatic rings. The highest BCUT2D eigenvalue weighted by molar-refractivity contribution is 6.16. The Kier molecular flexibility index (Phi) is 4.55. The molecule has 0 aliphatic heterocycles. The fourth-order valence-electron chi connectivity index (χ4n) is 6.11. The summed E-state index contributed by atoms with van der Waals surface area (Å²) in [6, 6.07) is 52.4. The highest BCUT2D eigenvalue weighted by Crippen LogP contribution is 2.39. The number of hydrogen-bond donors (Lipinski definition) is 0. The van der Waals surface area contributed by atoms with Crippen molar-refractivity contribution in [2.45, 2.75) is 0 Å². The second-order valence-corrected chi connectivity index (χ2v) is 9.80. The van der Waals surface area contributed by atoms with Gasteiger partial charge in [0, 0.05) is 32.9 Å². The van der Waals surface area contributed by atoms with Gasteiger partial charge in [0.1, 0.15) is 0 Å². The molecule has 0 atom stereocenters. The van der Waals surface area contributed by atoms with E-state index in [2.05, 4.69) is 155 Å². The highest BCUT2D eigenvalue weighted by atomic mass is 15.0. The van der Waals surface area contributed by atoms with Crippen LogP contribution in [0.5, 0.6) is 0 Å². The van der Waals surface area contributed by atoms with Gasteiger partial charge in [0.15, 0.2) is 0 Å². The third-order valence-electron chi connectivity index (χ3n) is 7.73. The van der Waals surface area contributed by atoms with Crippen molar-refractivity contribution in [3.63, 3.8) is 0 Å². The number of aromatic nitrogens is 2. The van der Waals surface area contributed by atoms with Crippen LogP contribution in [0.3, 0.4) is 0 Å². The predicted molar refractivity (Wildman–Crippen MR) is 161 cm³/mol. The molecule has 0 spiro atoms. The quantitative estimate of drug-likeness (QED) is 0.236. The second-order valence-electron chi connectivity index (χ2n) is 9.80. The van der Waals surface area contributed by atoms with Crippen LogP contribution in [0.15, 0.2) is 146 Å². The van der Waals surface area contributed by atoms with Crippen LogP contribution >= 0.6 is 0 Å². The largest absolute Gasteiger partial charge is 0.309 e. The third-order valence-corrected chi connectivity index (χ3v) is 7.73. The number of rotatable bonds is 3. The van der Waals surface area contributed by atoms with Crippen molar-refractivity contribution in [3.05, 3.63) is 146 Å². The smallest absolute Gasteiger partial charge is 0.0547 e. The Bertz CT molecular complexity index is 2060. The molecular formula is C36H24N2. The molecule has 0 aliphatic rings. The summed E-state index contributed by atoms with van der Waals surface area (Å²) in [5.41, 5.74) is 9.73. The summed E-state index contributed by atoms with van der Waals surface area (Å²) >= 11 is 0. The van der Waals surface area contributed by atoms with Crippen molar-refractivity contribution in [3.8, 4) is 22.5 Å². The molecule has 178 valence electrons. The first-order valence-electron chi connectivity index (χ1n) is 13.0. The van der Waals surface area contributed by atoms with Crippen LogP contribution in [-0.2, 0) is 0 Å². The molecule has 0 radical (unpaired) electrons. The van der Waals surface area contributed by atoms with Gasteiger partial charge in [-0.1, -0.05) is 97.1 Å². The zero-order chi connectivity index (χ0) is 25.1. The molecule has 0 bridgehead atoms. The molecule has 0 fully saturated rings. The third kappa shape index (κ3) is 3.01. The zero-order valence-electron chi connectivity index (χ0n) is 20.8. The normalized spacial score (nSPS) is 11.7. The number of hydrogen-bond acceptors (Lipinski definition) is 0. The molecule has 0 N–H and O–H groups in total. The predicted octanol–water partition coefficient (Wildman–Crippen LogP) is 9.55. The Morgan fingerprint density at radius 3 is 1.45 bits per heavy atom. The summed E-state index contributed by atoms with van der Waals surface area (Å²) in [6.07, 6.45) is 0. The van der Waals surface area contributed by atoms with Gasteiger partial charge in [-0.3, -0.25) is 0 Å². The first-order valence-corrected chi connectivity index (χ1v) is 13.0. The molecule has 6 aromatic carbocycles. The first-order chi connectivity index (χ1) is 18.9. The summed E-state index contributed by atoms with van der Waals surface area (Å²) in [4.78, 5) is 0. The van der Waals surface area contributed by atoms with Gasteiger partial charge in [-0.2, -0.15) is 0 Å². The summed E-state index contributed by atoms with van der Waals surface area (Å²) < 4.78 is 4.75. The average molecular weight is 485 g/mol. The van der Waals surface area contributed by atoms with Crippen LogP contribution < -0.4 is 0 Å². The van der Waals surface area contributed by atoms with Crippen LogP contribution in [0.25, 0.3) is 66.1 Å². The number of para-hydroxylation sites is 4. The van der Waals surface area contributed by atoms with Gasteiger partial charge in [0.05, 0.1) is 22.1 Å². The second kappa shape index (κ2) is 8.22. The van der Waals surface area contributed by atoms with Gasteiger partial charge in [-0.25, -0.2) is 0 Å². The number of benzene rings is 6. The molecule has 38 heavy (non-hydrogen) atoms. The minimum absolute atomic E-state index is 1.17. The molecule has 0 amide bonds. The number of fused-ring (bicyclic) bond motifs is 6. The lowest BCUT2D eigenvalue weighted by atomic mass is 9.99. The molecule has 2 heterocycles. The fraction of sp³-hybridized carbons (Fsp3) is 0. The Labute approximate surface area is 220 Å². The average Bonchev–Trinajstić information content (AvgIpc) is 3.51. The summed E-state index contributed by atoms with van der Waals surface area (Å²) in [6.45, 7) is 0. The van der Waals surface area contributed by atoms with E-state index in [9.17, 15) is 0 Å². The van der Waals surface area contributed by atoms with Gasteiger partial charge in [0.2, 0.25) is 0 Å². The number of nitrogens with zero attached hydrogens (tertiary/aromatic N) is 2. The van der Waals surface area contributed by atoms with Gasteiger partial charge in [-0.05, 0) is 59.7 Å². The highest BCUT2D eigenvalue weighted by Gasteiger charge is 2.16. The van der Waals surface area contributed by atoms with Crippen molar-refractivity contribution in [1.29, 1.82) is 0 Å². The van der Waals surface area contributed by atoms with Crippen LogP contribution in [0.4, 0.5) is 0 Å². The van der Waals surface area contributed by atoms with E-state index in [0.717, 1.165) is 0 Å². The summed E-state index contributed by atoms with van der Waals surface area (Å²) in [5, 5.41) is 5.13. The minimum Gasteiger partial charge on any atom is -0.309 e. The first kappa shape index (κ1) is 21.0. The van der Waals surface area contributed by atoms with Crippen LogP contribution in [0.2, 0.25) is 0 Å². The van der Waals surface area contributed by atoms with Crippen molar-refractivity contribution in [1.82, 2.24) is 9.13 Å². The Balaban J connectivity index is 1.34. The maximum Gasteiger partial charge on any atom is 0.0547 e. The van der Waals surface area contributed by atoms with Gasteiger partial charge < -0.3 is 9.13 Å². The van der Waals surface area contributed by atoms with Crippen molar-refractivity contribution >= 4 is 43.6 Å². The molecular weight excluding hydrogens is 460 g/mol. The molecule has 8 rings (SSSR count). The van der Waals surface area contributed by atoms with Gasteiger partial charge in [-0.15, -0.1) is 0 Å². The van der Waals surface area contributed by atoms with Crippen LogP contribution in [-0.4, -0.2) is 9.13 Å². The Morgan fingerprint density at radius 2 is 0.789 bits per heavy atom. The van der Waals surface area contributed by atoms with E-state index in [4.69, 9.17) is 0 Å². The summed E-state index contributed by atoms with van der Waals surface area (Å²) in [5.74, 6) is 0. The maximum absolute atomic E-state index is 2.38. The topological polar surface area (TPSA) is 9.86 Å². The van der Waals surface area contributed by atoms with Gasteiger partial charge >= 0.3 is 0 Å². The van der Waals surface area contributed by atoms with E-state index < -0.39 is 0 Å². The fourth-order valence-corrected chi connectivity index (χ4v) is 6.11. The van der Waals surface area contributed by atoms with E-state index in [1.54, 1.807) is 0 Å². The maximum atomic E-state index is 2.38. The van der Waals surface area contributed by atoms with Crippen molar-refractivity contribution in [2.75, 3.05) is 0 Å². The minimum atomic E-state index is 1.17. The molecule has 2 heteroatoms. The molecule has 0 saturated heterocycles. The molecule has 0 saturated carbocycles. The SMILES string of the molecule is c1ccc(-n2c3ccccc3c3c(-c4ccc(-n5c6ccccc6c6ccccc65)cc4)cccc32)cc1. The Hall–Kier alpha value is -5.08. The van der Waals surface area contributed by atoms with Crippen molar-refractivity contribution < 1.29 is 0 Å². The standard InChI is InChI=1S/C36H24N2/c1-2-11-26(12-3-1)38-34-19-9-6-15-31(34)36-28(16-10-20-35(36)38)25-21-23-27(24-22-25)37-32-17-7-4-13-29(32)30-14-5-8-18-33(30)37/h1-24H. The van der Waals surface area contributed by atoms with E-state index >= 15 is 0 Å². The lowest BCUT2D eigenvalue weighted by molar-refractivity contribution is 1.18. The molecule has 2 nitrogen and oxygen atoms in total. The van der Waals surface area contributed by atoms with Crippen molar-refractivity contribution in [2.24, 2.45) is 0 Å². The monoisotopic (exact) mass is 484 g/mol. The van der Waals surface area contributed by atoms with E-state index in [0.29, 0.717) is 0 Å². The van der Waals surface area contributed by atoms with Gasteiger partial charge in [0.25, 0.3) is 0 Å². The van der Waals surface area contributed by atoms with E-state index in [-0.39, 0.29) is 0 Å². The van der Waals surface area contributed by atoms with E-state index in [1.807, 2.05) is 0 Å². The molecule has 2 aromatic heterocycles. The van der Waals surface area contributed by atoms with E-state index in [1.165, 1.54) is 66.1 Å². The summed E-state index contributed by atoms with van der Waals surface area (Å²) in [7, 11) is 0. The zero-order valence-corrected chi connectivity index (χ0v) is 20.8. The molecule has 0 aliphatic carbocycles. The lowest BCUT2D eigenvalue weighted by Crippen LogP contribution is -1.94.